The summed E-state index contributed by atoms with van der Waals surface area (Å²) in [4.78, 5) is 25.0. The number of likely N-dealkylation sites (tertiary alicyclic amines) is 1. The third-order valence-corrected chi connectivity index (χ3v) is 4.70. The van der Waals surface area contributed by atoms with Crippen LogP contribution in [0.3, 0.4) is 0 Å². The van der Waals surface area contributed by atoms with E-state index < -0.39 is 0 Å². The molecule has 1 aliphatic heterocycles. The highest BCUT2D eigenvalue weighted by Crippen LogP contribution is 2.17. The summed E-state index contributed by atoms with van der Waals surface area (Å²) in [5, 5.41) is 5.50. The van der Waals surface area contributed by atoms with E-state index in [1.807, 2.05) is 0 Å². The summed E-state index contributed by atoms with van der Waals surface area (Å²) < 4.78 is 0.800. The van der Waals surface area contributed by atoms with Crippen LogP contribution in [-0.4, -0.2) is 39.9 Å². The number of hydrogen-bond acceptors (Lipinski definition) is 4. The quantitative estimate of drug-likeness (QED) is 0.827. The fourth-order valence-corrected chi connectivity index (χ4v) is 3.21. The molecule has 5 nitrogen and oxygen atoms in total. The molecular formula is C15H19N3O2S2. The predicted molar refractivity (Wildman–Crippen MR) is 95.2 cm³/mol. The lowest BCUT2D eigenvalue weighted by molar-refractivity contribution is -0.114. The highest BCUT2D eigenvalue weighted by Gasteiger charge is 2.16. The normalized spacial score (nSPS) is 13.8. The first kappa shape index (κ1) is 16.8. The number of amides is 2. The molecule has 2 rings (SSSR count). The molecule has 1 heterocycles. The van der Waals surface area contributed by atoms with Crippen molar-refractivity contribution in [3.8, 4) is 0 Å². The molecular weight excluding hydrogens is 318 g/mol. The molecule has 1 saturated heterocycles. The van der Waals surface area contributed by atoms with Gasteiger partial charge in [-0.2, -0.15) is 0 Å². The monoisotopic (exact) mass is 337 g/mol. The zero-order valence-corrected chi connectivity index (χ0v) is 14.1. The van der Waals surface area contributed by atoms with Crippen LogP contribution in [0.4, 0.5) is 11.4 Å². The minimum atomic E-state index is -0.122. The van der Waals surface area contributed by atoms with E-state index in [2.05, 4.69) is 15.5 Å². The molecule has 0 saturated carbocycles. The lowest BCUT2D eigenvalue weighted by Crippen LogP contribution is -2.25. The number of hydrogen-bond donors (Lipinski definition) is 2. The summed E-state index contributed by atoms with van der Waals surface area (Å²) in [6.45, 7) is 3.45. The maximum absolute atomic E-state index is 11.9. The van der Waals surface area contributed by atoms with Gasteiger partial charge in [0.05, 0.1) is 5.75 Å². The van der Waals surface area contributed by atoms with Gasteiger partial charge in [-0.3, -0.25) is 9.59 Å². The second kappa shape index (κ2) is 8.14. The van der Waals surface area contributed by atoms with Gasteiger partial charge in [0.25, 0.3) is 0 Å². The van der Waals surface area contributed by atoms with Crippen molar-refractivity contribution in [3.63, 3.8) is 0 Å². The Morgan fingerprint density at radius 1 is 1.14 bits per heavy atom. The predicted octanol–water partition coefficient (Wildman–Crippen LogP) is 2.70. The summed E-state index contributed by atoms with van der Waals surface area (Å²) >= 11 is 6.72. The highest BCUT2D eigenvalue weighted by atomic mass is 32.2. The van der Waals surface area contributed by atoms with Crippen molar-refractivity contribution in [2.45, 2.75) is 19.8 Å². The summed E-state index contributed by atoms with van der Waals surface area (Å²) in [7, 11) is 0. The third-order valence-electron chi connectivity index (χ3n) is 3.18. The smallest absolute Gasteiger partial charge is 0.234 e. The first-order valence-electron chi connectivity index (χ1n) is 7.14. The molecule has 0 radical (unpaired) electrons. The van der Waals surface area contributed by atoms with Crippen LogP contribution in [0.5, 0.6) is 0 Å². The zero-order chi connectivity index (χ0) is 15.9. The molecule has 0 aromatic heterocycles. The first-order chi connectivity index (χ1) is 10.5. The Labute approximate surface area is 139 Å². The molecule has 7 heteroatoms. The van der Waals surface area contributed by atoms with Gasteiger partial charge in [0.15, 0.2) is 0 Å². The number of carbonyl (C=O) groups is 2. The van der Waals surface area contributed by atoms with Crippen LogP contribution in [0.2, 0.25) is 0 Å². The summed E-state index contributed by atoms with van der Waals surface area (Å²) in [5.74, 6) is 0.102. The van der Waals surface area contributed by atoms with Gasteiger partial charge >= 0.3 is 0 Å². The Bertz CT molecular complexity index is 554. The van der Waals surface area contributed by atoms with Crippen molar-refractivity contribution in [2.24, 2.45) is 0 Å². The van der Waals surface area contributed by atoms with Gasteiger partial charge in [0.1, 0.15) is 4.32 Å². The van der Waals surface area contributed by atoms with Gasteiger partial charge in [-0.05, 0) is 37.1 Å². The lowest BCUT2D eigenvalue weighted by Gasteiger charge is -2.17. The molecule has 0 bridgehead atoms. The Kier molecular flexibility index (Phi) is 6.21. The van der Waals surface area contributed by atoms with Gasteiger partial charge in [-0.15, -0.1) is 0 Å². The van der Waals surface area contributed by atoms with Crippen LogP contribution in [0.15, 0.2) is 24.3 Å². The lowest BCUT2D eigenvalue weighted by atomic mass is 10.3. The van der Waals surface area contributed by atoms with E-state index >= 15 is 0 Å². The zero-order valence-electron chi connectivity index (χ0n) is 12.4. The van der Waals surface area contributed by atoms with Gasteiger partial charge in [0.2, 0.25) is 11.8 Å². The number of anilines is 2. The number of thiocarbonyl (C=S) groups is 1. The summed E-state index contributed by atoms with van der Waals surface area (Å²) in [5.41, 5.74) is 1.40. The molecule has 0 aliphatic carbocycles. The Hall–Kier alpha value is -1.60. The van der Waals surface area contributed by atoms with Gasteiger partial charge in [-0.1, -0.05) is 24.0 Å². The Morgan fingerprint density at radius 3 is 2.23 bits per heavy atom. The minimum Gasteiger partial charge on any atom is -0.358 e. The van der Waals surface area contributed by atoms with Crippen molar-refractivity contribution >= 4 is 51.5 Å². The minimum absolute atomic E-state index is 0.0844. The summed E-state index contributed by atoms with van der Waals surface area (Å²) in [6, 6.07) is 7.01. The first-order valence-corrected chi connectivity index (χ1v) is 8.53. The van der Waals surface area contributed by atoms with Crippen LogP contribution in [0.1, 0.15) is 19.8 Å². The maximum Gasteiger partial charge on any atom is 0.234 e. The molecule has 22 heavy (non-hydrogen) atoms. The van der Waals surface area contributed by atoms with Crippen LogP contribution in [0.25, 0.3) is 0 Å². The van der Waals surface area contributed by atoms with E-state index in [1.54, 1.807) is 24.3 Å². The molecule has 118 valence electrons. The van der Waals surface area contributed by atoms with E-state index in [0.29, 0.717) is 17.1 Å². The van der Waals surface area contributed by atoms with Gasteiger partial charge in [0, 0.05) is 31.4 Å². The van der Waals surface area contributed by atoms with E-state index in [1.165, 1.54) is 31.5 Å². The standard InChI is InChI=1S/C15H19N3O2S2/c1-11(19)16-12-4-6-13(7-5-12)17-14(20)10-22-15(21)18-8-2-3-9-18/h4-7H,2-3,8-10H2,1H3,(H,16,19)(H,17,20). The number of rotatable bonds is 4. The van der Waals surface area contributed by atoms with Crippen LogP contribution < -0.4 is 10.6 Å². The largest absolute Gasteiger partial charge is 0.358 e. The molecule has 1 aromatic carbocycles. The van der Waals surface area contributed by atoms with Gasteiger partial charge in [-0.25, -0.2) is 0 Å². The highest BCUT2D eigenvalue weighted by molar-refractivity contribution is 8.23. The van der Waals surface area contributed by atoms with Crippen molar-refractivity contribution in [3.05, 3.63) is 24.3 Å². The van der Waals surface area contributed by atoms with E-state index in [4.69, 9.17) is 12.2 Å². The molecule has 2 N–H and O–H groups in total. The van der Waals surface area contributed by atoms with E-state index in [9.17, 15) is 9.59 Å². The van der Waals surface area contributed by atoms with E-state index in [0.717, 1.165) is 17.4 Å². The average molecular weight is 337 g/mol. The fourth-order valence-electron chi connectivity index (χ4n) is 2.16. The van der Waals surface area contributed by atoms with Crippen LogP contribution in [0, 0.1) is 0 Å². The number of nitrogens with zero attached hydrogens (tertiary/aromatic N) is 1. The van der Waals surface area contributed by atoms with E-state index in [-0.39, 0.29) is 11.8 Å². The second-order valence-corrected chi connectivity index (χ2v) is 6.66. The van der Waals surface area contributed by atoms with Crippen molar-refractivity contribution in [1.29, 1.82) is 0 Å². The fraction of sp³-hybridized carbons (Fsp3) is 0.400. The SMILES string of the molecule is CC(=O)Nc1ccc(NC(=O)CSC(=S)N2CCCC2)cc1. The summed E-state index contributed by atoms with van der Waals surface area (Å²) in [6.07, 6.45) is 2.35. The van der Waals surface area contributed by atoms with Crippen molar-refractivity contribution < 1.29 is 9.59 Å². The average Bonchev–Trinajstić information content (AvgIpc) is 3.00. The van der Waals surface area contributed by atoms with Gasteiger partial charge < -0.3 is 15.5 Å². The molecule has 0 unspecified atom stereocenters. The molecule has 1 aliphatic rings. The topological polar surface area (TPSA) is 61.4 Å². The Morgan fingerprint density at radius 2 is 1.68 bits per heavy atom. The van der Waals surface area contributed by atoms with Crippen molar-refractivity contribution in [2.75, 3.05) is 29.5 Å². The number of nitrogens with one attached hydrogen (secondary N) is 2. The van der Waals surface area contributed by atoms with Crippen LogP contribution in [-0.2, 0) is 9.59 Å². The maximum atomic E-state index is 11.9. The number of carbonyl (C=O) groups excluding carboxylic acids is 2. The third kappa shape index (κ3) is 5.31. The number of thioether (sulfide) groups is 1. The van der Waals surface area contributed by atoms with Crippen molar-refractivity contribution in [1.82, 2.24) is 4.90 Å². The second-order valence-electron chi connectivity index (χ2n) is 5.06. The van der Waals surface area contributed by atoms with Crippen LogP contribution >= 0.6 is 24.0 Å². The molecule has 2 amide bonds. The Balaban J connectivity index is 1.76. The molecule has 0 atom stereocenters. The molecule has 0 spiro atoms. The number of benzene rings is 1. The molecule has 1 aromatic rings. The molecule has 1 fully saturated rings.